The first-order chi connectivity index (χ1) is 12.5. The highest BCUT2D eigenvalue weighted by atomic mass is 35.5. The van der Waals surface area contributed by atoms with E-state index in [0.717, 1.165) is 12.1 Å². The summed E-state index contributed by atoms with van der Waals surface area (Å²) in [6, 6.07) is 4.73. The van der Waals surface area contributed by atoms with E-state index in [2.05, 4.69) is 4.98 Å². The van der Waals surface area contributed by atoms with Crippen LogP contribution >= 0.6 is 11.6 Å². The van der Waals surface area contributed by atoms with Gasteiger partial charge in [0.15, 0.2) is 0 Å². The van der Waals surface area contributed by atoms with Gasteiger partial charge in [0.05, 0.1) is 11.6 Å². The Morgan fingerprint density at radius 1 is 1.22 bits per heavy atom. The molecule has 2 heterocycles. The number of alkyl halides is 3. The summed E-state index contributed by atoms with van der Waals surface area (Å²) in [5.41, 5.74) is -0.613. The number of carbonyl (C=O) groups is 1. The molecule has 0 saturated carbocycles. The number of fused-ring (bicyclic) bond motifs is 1. The monoisotopic (exact) mass is 403 g/mol. The number of ether oxygens (including phenoxy) is 1. The number of rotatable bonds is 2. The lowest BCUT2D eigenvalue weighted by atomic mass is 9.86. The van der Waals surface area contributed by atoms with E-state index in [1.54, 1.807) is 13.8 Å². The molecule has 0 unspecified atom stereocenters. The van der Waals surface area contributed by atoms with Crippen LogP contribution in [0.15, 0.2) is 24.3 Å². The number of pyridine rings is 1. The van der Waals surface area contributed by atoms with Gasteiger partial charge < -0.3 is 4.74 Å². The Hall–Kier alpha value is -2.15. The van der Waals surface area contributed by atoms with E-state index in [9.17, 15) is 22.4 Å². The summed E-state index contributed by atoms with van der Waals surface area (Å²) in [4.78, 5) is 15.5. The van der Waals surface area contributed by atoms with E-state index in [4.69, 9.17) is 16.3 Å². The fourth-order valence-electron chi connectivity index (χ4n) is 2.61. The zero-order valence-electron chi connectivity index (χ0n) is 15.2. The largest absolute Gasteiger partial charge is 0.490 e. The molecule has 0 spiro atoms. The number of carbonyl (C=O) groups excluding carboxylic acids is 1. The van der Waals surface area contributed by atoms with E-state index >= 15 is 0 Å². The summed E-state index contributed by atoms with van der Waals surface area (Å²) >= 11 is 5.76. The molecule has 3 nitrogen and oxygen atoms in total. The molecule has 0 aliphatic carbocycles. The predicted molar refractivity (Wildman–Crippen MR) is 94.9 cm³/mol. The third kappa shape index (κ3) is 4.08. The van der Waals surface area contributed by atoms with Gasteiger partial charge in [-0.15, -0.1) is 0 Å². The highest BCUT2D eigenvalue weighted by molar-refractivity contribution is 6.31. The second kappa shape index (κ2) is 7.46. The van der Waals surface area contributed by atoms with E-state index in [-0.39, 0.29) is 28.6 Å². The topological polar surface area (TPSA) is 39.2 Å². The van der Waals surface area contributed by atoms with Crippen molar-refractivity contribution in [2.45, 2.75) is 39.3 Å². The summed E-state index contributed by atoms with van der Waals surface area (Å²) in [6.45, 7) is 7.78. The molecule has 0 bridgehead atoms. The van der Waals surface area contributed by atoms with Gasteiger partial charge >= 0.3 is 6.18 Å². The van der Waals surface area contributed by atoms with Gasteiger partial charge in [-0.25, -0.2) is 9.37 Å². The van der Waals surface area contributed by atoms with Crippen molar-refractivity contribution in [2.24, 2.45) is 0 Å². The molecule has 0 radical (unpaired) electrons. The van der Waals surface area contributed by atoms with Crippen LogP contribution in [0.25, 0.3) is 11.3 Å². The lowest BCUT2D eigenvalue weighted by molar-refractivity contribution is -0.0888. The minimum atomic E-state index is -5.05. The van der Waals surface area contributed by atoms with E-state index in [0.29, 0.717) is 5.56 Å². The smallest absolute Gasteiger partial charge is 0.456 e. The van der Waals surface area contributed by atoms with E-state index in [1.165, 1.54) is 12.1 Å². The van der Waals surface area contributed by atoms with Crippen LogP contribution in [0.2, 0.25) is 5.02 Å². The van der Waals surface area contributed by atoms with E-state index in [1.807, 2.05) is 13.8 Å². The first-order valence-electron chi connectivity index (χ1n) is 8.26. The Bertz CT molecular complexity index is 879. The summed E-state index contributed by atoms with van der Waals surface area (Å²) in [5, 5.41) is -0.210. The summed E-state index contributed by atoms with van der Waals surface area (Å²) < 4.78 is 57.5. The highest BCUT2D eigenvalue weighted by Gasteiger charge is 2.43. The van der Waals surface area contributed by atoms with Crippen LogP contribution in [-0.2, 0) is 5.41 Å². The molecule has 0 atom stereocenters. The van der Waals surface area contributed by atoms with Gasteiger partial charge in [-0.1, -0.05) is 39.3 Å². The molecular weight excluding hydrogens is 386 g/mol. The van der Waals surface area contributed by atoms with Crippen LogP contribution < -0.4 is 4.74 Å². The fraction of sp³-hybridized carbons (Fsp3) is 0.368. The molecule has 0 saturated heterocycles. The quantitative estimate of drug-likeness (QED) is 0.457. The number of Topliss-reactive ketones (excluding diaryl/α,β-unsaturated/α-hetero) is 1. The minimum Gasteiger partial charge on any atom is -0.490 e. The van der Waals surface area contributed by atoms with Gasteiger partial charge in [-0.3, -0.25) is 4.79 Å². The fourth-order valence-corrected chi connectivity index (χ4v) is 2.79. The molecule has 3 rings (SSSR count). The Kier molecular flexibility index (Phi) is 5.85. The molecule has 0 N–H and O–H groups in total. The molecule has 1 aromatic carbocycles. The molecule has 27 heavy (non-hydrogen) atoms. The maximum Gasteiger partial charge on any atom is 0.456 e. The molecule has 1 aliphatic rings. The van der Waals surface area contributed by atoms with Gasteiger partial charge in [0.2, 0.25) is 0 Å². The first-order valence-corrected chi connectivity index (χ1v) is 8.64. The third-order valence-electron chi connectivity index (χ3n) is 3.96. The van der Waals surface area contributed by atoms with Crippen molar-refractivity contribution in [3.05, 3.63) is 46.4 Å². The maximum atomic E-state index is 13.4. The van der Waals surface area contributed by atoms with E-state index < -0.39 is 28.9 Å². The molecule has 0 fully saturated rings. The normalized spacial score (nSPS) is 14.7. The Labute approximate surface area is 159 Å². The maximum absolute atomic E-state index is 13.4. The van der Waals surface area contributed by atoms with Crippen LogP contribution in [0.5, 0.6) is 5.75 Å². The number of hydrogen-bond donors (Lipinski definition) is 0. The van der Waals surface area contributed by atoms with Crippen molar-refractivity contribution in [2.75, 3.05) is 6.61 Å². The van der Waals surface area contributed by atoms with Crippen LogP contribution in [0.3, 0.4) is 0 Å². The van der Waals surface area contributed by atoms with Gasteiger partial charge in [0, 0.05) is 16.5 Å². The van der Waals surface area contributed by atoms with Crippen LogP contribution in [0.1, 0.15) is 43.7 Å². The number of benzene rings is 1. The van der Waals surface area contributed by atoms with Crippen molar-refractivity contribution in [1.82, 2.24) is 4.98 Å². The molecule has 8 heteroatoms. The Morgan fingerprint density at radius 3 is 2.41 bits per heavy atom. The van der Waals surface area contributed by atoms with Gasteiger partial charge in [-0.05, 0) is 24.3 Å². The number of nitrogens with zero attached hydrogens (tertiary/aromatic N) is 1. The summed E-state index contributed by atoms with van der Waals surface area (Å²) in [7, 11) is 0. The average molecular weight is 404 g/mol. The second-order valence-electron chi connectivity index (χ2n) is 6.36. The third-order valence-corrected chi connectivity index (χ3v) is 4.25. The second-order valence-corrected chi connectivity index (χ2v) is 6.77. The lowest BCUT2D eigenvalue weighted by Crippen LogP contribution is -2.25. The molecule has 1 aromatic heterocycles. The van der Waals surface area contributed by atoms with Gasteiger partial charge in [-0.2, -0.15) is 13.2 Å². The zero-order valence-corrected chi connectivity index (χ0v) is 15.9. The average Bonchev–Trinajstić information content (AvgIpc) is 2.92. The molecule has 146 valence electrons. The number of halogens is 5. The number of ketones is 1. The van der Waals surface area contributed by atoms with Crippen molar-refractivity contribution in [3.8, 4) is 17.0 Å². The van der Waals surface area contributed by atoms with Crippen molar-refractivity contribution < 1.29 is 27.1 Å². The highest BCUT2D eigenvalue weighted by Crippen LogP contribution is 2.45. The lowest BCUT2D eigenvalue weighted by Gasteiger charge is -2.17. The summed E-state index contributed by atoms with van der Waals surface area (Å²) in [6.07, 6.45) is -5.05. The molecule has 0 amide bonds. The zero-order chi connectivity index (χ0) is 20.6. The first kappa shape index (κ1) is 21.2. The Balaban J connectivity index is 0.00000126. The SMILES string of the molecule is CC.CC1(C)COc2c1cc(C(=O)C(F)(F)F)nc2-c1ccc(F)c(Cl)c1. The molecular formula is C19H18ClF4NO2. The number of hydrogen-bond acceptors (Lipinski definition) is 3. The van der Waals surface area contributed by atoms with Crippen molar-refractivity contribution in [1.29, 1.82) is 0 Å². The van der Waals surface area contributed by atoms with Crippen LogP contribution in [0.4, 0.5) is 17.6 Å². The van der Waals surface area contributed by atoms with Crippen molar-refractivity contribution in [3.63, 3.8) is 0 Å². The van der Waals surface area contributed by atoms with Crippen molar-refractivity contribution >= 4 is 17.4 Å². The molecule has 1 aliphatic heterocycles. The summed E-state index contributed by atoms with van der Waals surface area (Å²) in [5.74, 6) is -2.45. The van der Waals surface area contributed by atoms with Crippen LogP contribution in [0, 0.1) is 5.82 Å². The minimum absolute atomic E-state index is 0.0255. The standard InChI is InChI=1S/C17H12ClF4NO2.C2H6/c1-16(2)7-25-14-9(16)6-12(15(24)17(20,21)22)23-13(14)8-3-4-11(19)10(18)5-8;1-2/h3-6H,7H2,1-2H3;1-2H3. The Morgan fingerprint density at radius 2 is 1.85 bits per heavy atom. The predicted octanol–water partition coefficient (Wildman–Crippen LogP) is 5.98. The van der Waals surface area contributed by atoms with Gasteiger partial charge in [0.1, 0.15) is 23.0 Å². The van der Waals surface area contributed by atoms with Crippen LogP contribution in [-0.4, -0.2) is 23.6 Å². The molecule has 2 aromatic rings. The number of aromatic nitrogens is 1. The van der Waals surface area contributed by atoms with Gasteiger partial charge in [0.25, 0.3) is 5.78 Å².